The number of carbonyl (C=O) groups excluding carboxylic acids is 1. The van der Waals surface area contributed by atoms with Crippen LogP contribution in [0.1, 0.15) is 6.92 Å². The van der Waals surface area contributed by atoms with Crippen LogP contribution in [0.2, 0.25) is 0 Å². The third-order valence-corrected chi connectivity index (χ3v) is 5.12. The number of rotatable bonds is 5. The molecule has 3 aliphatic rings. The summed E-state index contributed by atoms with van der Waals surface area (Å²) in [5, 5.41) is 60.2. The lowest BCUT2D eigenvalue weighted by Crippen LogP contribution is -2.61. The molecule has 3 rings (SSSR count). The van der Waals surface area contributed by atoms with Crippen LogP contribution in [0, 0.1) is 5.92 Å². The zero-order valence-corrected chi connectivity index (χ0v) is 15.0. The van der Waals surface area contributed by atoms with E-state index in [4.69, 9.17) is 18.9 Å². The standard InChI is InChI=1S/C17H24O11/c1-7(19)26-6-8-4-10(20)17(24)2-3-25-15(11(8)17)28-16-14(23)13(22)12(21)9(5-18)27-16/h2-4,9-16,18,20-24H,5-6H2,1H3/t9-,10+,11-,12+,13+,14-,15-,16+,17-/m0/s1. The minimum atomic E-state index is -1.81. The van der Waals surface area contributed by atoms with Crippen molar-refractivity contribution in [3.63, 3.8) is 0 Å². The van der Waals surface area contributed by atoms with Gasteiger partial charge in [-0.2, -0.15) is 0 Å². The van der Waals surface area contributed by atoms with Crippen LogP contribution in [-0.2, 0) is 23.7 Å². The van der Waals surface area contributed by atoms with E-state index in [0.29, 0.717) is 5.57 Å². The van der Waals surface area contributed by atoms with Crippen molar-refractivity contribution >= 4 is 5.97 Å². The van der Waals surface area contributed by atoms with E-state index in [1.54, 1.807) is 0 Å². The quantitative estimate of drug-likeness (QED) is 0.202. The van der Waals surface area contributed by atoms with Gasteiger partial charge < -0.3 is 49.6 Å². The summed E-state index contributed by atoms with van der Waals surface area (Å²) in [5.41, 5.74) is -1.49. The second-order valence-corrected chi connectivity index (χ2v) is 6.97. The maximum Gasteiger partial charge on any atom is 0.302 e. The third kappa shape index (κ3) is 3.67. The summed E-state index contributed by atoms with van der Waals surface area (Å²) in [5.74, 6) is -1.58. The number of ether oxygens (including phenoxy) is 4. The molecular formula is C17H24O11. The maximum atomic E-state index is 11.1. The Morgan fingerprint density at radius 3 is 2.54 bits per heavy atom. The van der Waals surface area contributed by atoms with Crippen LogP contribution in [0.4, 0.5) is 0 Å². The molecule has 0 spiro atoms. The lowest BCUT2D eigenvalue weighted by atomic mass is 9.83. The van der Waals surface area contributed by atoms with E-state index in [1.165, 1.54) is 19.1 Å². The fraction of sp³-hybridized carbons (Fsp3) is 0.706. The van der Waals surface area contributed by atoms with Crippen molar-refractivity contribution in [2.75, 3.05) is 13.2 Å². The summed E-state index contributed by atoms with van der Waals surface area (Å²) in [7, 11) is 0. The van der Waals surface area contributed by atoms with Crippen molar-refractivity contribution in [2.24, 2.45) is 5.92 Å². The van der Waals surface area contributed by atoms with E-state index in [0.717, 1.165) is 6.26 Å². The second kappa shape index (κ2) is 8.05. The summed E-state index contributed by atoms with van der Waals surface area (Å²) >= 11 is 0. The molecule has 0 radical (unpaired) electrons. The Bertz CT molecular complexity index is 647. The van der Waals surface area contributed by atoms with Gasteiger partial charge in [-0.15, -0.1) is 0 Å². The van der Waals surface area contributed by atoms with Crippen LogP contribution < -0.4 is 0 Å². The van der Waals surface area contributed by atoms with Gasteiger partial charge >= 0.3 is 5.97 Å². The highest BCUT2D eigenvalue weighted by atomic mass is 16.8. The molecule has 1 saturated heterocycles. The molecule has 28 heavy (non-hydrogen) atoms. The molecule has 9 atom stereocenters. The van der Waals surface area contributed by atoms with Crippen molar-refractivity contribution < 1.29 is 54.4 Å². The van der Waals surface area contributed by atoms with Gasteiger partial charge in [0.15, 0.2) is 6.29 Å². The van der Waals surface area contributed by atoms with E-state index in [9.17, 15) is 35.4 Å². The maximum absolute atomic E-state index is 11.1. The topological polar surface area (TPSA) is 175 Å². The number of aliphatic hydroxyl groups is 6. The highest BCUT2D eigenvalue weighted by Gasteiger charge is 2.56. The van der Waals surface area contributed by atoms with Crippen molar-refractivity contribution in [1.29, 1.82) is 0 Å². The summed E-state index contributed by atoms with van der Waals surface area (Å²) in [4.78, 5) is 11.1. The molecule has 1 fully saturated rings. The van der Waals surface area contributed by atoms with Crippen molar-refractivity contribution in [2.45, 2.75) is 55.6 Å². The lowest BCUT2D eigenvalue weighted by Gasteiger charge is -2.44. The second-order valence-electron chi connectivity index (χ2n) is 6.97. The number of carbonyl (C=O) groups is 1. The Morgan fingerprint density at radius 2 is 1.89 bits per heavy atom. The zero-order chi connectivity index (χ0) is 20.6. The summed E-state index contributed by atoms with van der Waals surface area (Å²) < 4.78 is 21.2. The molecule has 1 aliphatic carbocycles. The van der Waals surface area contributed by atoms with Crippen LogP contribution in [0.3, 0.4) is 0 Å². The van der Waals surface area contributed by atoms with Gasteiger partial charge in [-0.1, -0.05) is 0 Å². The van der Waals surface area contributed by atoms with Gasteiger partial charge in [-0.25, -0.2) is 0 Å². The molecule has 0 saturated carbocycles. The van der Waals surface area contributed by atoms with Gasteiger partial charge in [0.1, 0.15) is 42.7 Å². The van der Waals surface area contributed by atoms with Gasteiger partial charge in [-0.3, -0.25) is 4.79 Å². The molecule has 0 amide bonds. The molecule has 0 aromatic rings. The molecule has 158 valence electrons. The van der Waals surface area contributed by atoms with Crippen LogP contribution in [-0.4, -0.2) is 98.5 Å². The van der Waals surface area contributed by atoms with Gasteiger partial charge in [0.2, 0.25) is 6.29 Å². The van der Waals surface area contributed by atoms with Gasteiger partial charge in [-0.05, 0) is 17.7 Å². The molecule has 0 aromatic heterocycles. The smallest absolute Gasteiger partial charge is 0.302 e. The highest BCUT2D eigenvalue weighted by Crippen LogP contribution is 2.44. The molecule has 2 heterocycles. The van der Waals surface area contributed by atoms with E-state index >= 15 is 0 Å². The Hall–Kier alpha value is -1.57. The van der Waals surface area contributed by atoms with Crippen LogP contribution >= 0.6 is 0 Å². The van der Waals surface area contributed by atoms with E-state index in [-0.39, 0.29) is 6.61 Å². The Labute approximate surface area is 160 Å². The first-order valence-electron chi connectivity index (χ1n) is 8.72. The summed E-state index contributed by atoms with van der Waals surface area (Å²) in [6.07, 6.45) is -6.56. The minimum Gasteiger partial charge on any atom is -0.472 e. The Morgan fingerprint density at radius 1 is 1.18 bits per heavy atom. The van der Waals surface area contributed by atoms with E-state index in [1.807, 2.05) is 0 Å². The van der Waals surface area contributed by atoms with Crippen LogP contribution in [0.25, 0.3) is 0 Å². The number of hydrogen-bond acceptors (Lipinski definition) is 11. The Balaban J connectivity index is 1.80. The largest absolute Gasteiger partial charge is 0.472 e. The Kier molecular flexibility index (Phi) is 6.08. The molecule has 2 aliphatic heterocycles. The molecule has 6 N–H and O–H groups in total. The molecule has 11 nitrogen and oxygen atoms in total. The molecule has 0 bridgehead atoms. The summed E-state index contributed by atoms with van der Waals surface area (Å²) in [6.45, 7) is 0.336. The van der Waals surface area contributed by atoms with Crippen LogP contribution in [0.5, 0.6) is 0 Å². The molecule has 11 heteroatoms. The minimum absolute atomic E-state index is 0.231. The third-order valence-electron chi connectivity index (χ3n) is 5.12. The van der Waals surface area contributed by atoms with E-state index < -0.39 is 67.2 Å². The lowest BCUT2D eigenvalue weighted by molar-refractivity contribution is -0.344. The normalized spacial score (nSPS) is 45.2. The number of aliphatic hydroxyl groups excluding tert-OH is 5. The van der Waals surface area contributed by atoms with Crippen molar-refractivity contribution in [3.8, 4) is 0 Å². The monoisotopic (exact) mass is 404 g/mol. The van der Waals surface area contributed by atoms with Crippen LogP contribution in [0.15, 0.2) is 24.0 Å². The van der Waals surface area contributed by atoms with Gasteiger partial charge in [0.05, 0.1) is 18.8 Å². The first-order valence-corrected chi connectivity index (χ1v) is 8.72. The fourth-order valence-electron chi connectivity index (χ4n) is 3.57. The van der Waals surface area contributed by atoms with Crippen molar-refractivity contribution in [3.05, 3.63) is 24.0 Å². The SMILES string of the molecule is CC(=O)OCC1=C[C@@H](O)[C@@]2(O)C=CO[C@@H](O[C@H]3O[C@@H](CO)[C@@H](O)[C@@H](O)[C@@H]3O)[C@H]12. The number of fused-ring (bicyclic) bond motifs is 1. The average Bonchev–Trinajstić information content (AvgIpc) is 2.91. The molecule has 0 unspecified atom stereocenters. The van der Waals surface area contributed by atoms with Crippen molar-refractivity contribution in [1.82, 2.24) is 0 Å². The highest BCUT2D eigenvalue weighted by molar-refractivity contribution is 5.66. The van der Waals surface area contributed by atoms with E-state index in [2.05, 4.69) is 0 Å². The number of hydrogen-bond donors (Lipinski definition) is 6. The first-order chi connectivity index (χ1) is 13.2. The predicted molar refractivity (Wildman–Crippen MR) is 88.0 cm³/mol. The zero-order valence-electron chi connectivity index (χ0n) is 15.0. The number of esters is 1. The first kappa shape index (κ1) is 21.1. The average molecular weight is 404 g/mol. The molecular weight excluding hydrogens is 380 g/mol. The predicted octanol–water partition coefficient (Wildman–Crippen LogP) is -3.12. The van der Waals surface area contributed by atoms with Gasteiger partial charge in [0, 0.05) is 6.92 Å². The molecule has 0 aromatic carbocycles. The summed E-state index contributed by atoms with van der Waals surface area (Å²) in [6, 6.07) is 0. The fourth-order valence-corrected chi connectivity index (χ4v) is 3.57. The van der Waals surface area contributed by atoms with Gasteiger partial charge in [0.25, 0.3) is 0 Å².